The molecular weight excluding hydrogens is 293 g/mol. The van der Waals surface area contributed by atoms with Crippen molar-refractivity contribution in [3.63, 3.8) is 0 Å². The van der Waals surface area contributed by atoms with Crippen LogP contribution >= 0.6 is 0 Å². The summed E-state index contributed by atoms with van der Waals surface area (Å²) in [4.78, 5) is 0.869. The van der Waals surface area contributed by atoms with Crippen LogP contribution < -0.4 is 4.90 Å². The third kappa shape index (κ3) is 3.42. The lowest BCUT2D eigenvalue weighted by Crippen LogP contribution is -2.24. The van der Waals surface area contributed by atoms with Crippen molar-refractivity contribution < 1.29 is 21.6 Å². The second-order valence-corrected chi connectivity index (χ2v) is 6.29. The zero-order valence-corrected chi connectivity index (χ0v) is 11.7. The van der Waals surface area contributed by atoms with Crippen LogP contribution in [0.3, 0.4) is 0 Å². The van der Waals surface area contributed by atoms with E-state index < -0.39 is 20.2 Å². The molecule has 0 amide bonds. The zero-order valence-electron chi connectivity index (χ0n) is 10.8. The molecule has 20 heavy (non-hydrogen) atoms. The van der Waals surface area contributed by atoms with E-state index in [1.165, 1.54) is 12.1 Å². The van der Waals surface area contributed by atoms with Crippen molar-refractivity contribution >= 4 is 15.5 Å². The smallest absolute Gasteiger partial charge is 0.373 e. The second kappa shape index (κ2) is 5.71. The Hall–Kier alpha value is -1.75. The van der Waals surface area contributed by atoms with E-state index in [0.717, 1.165) is 12.1 Å². The fourth-order valence-corrected chi connectivity index (χ4v) is 2.33. The molecule has 1 unspecified atom stereocenters. The van der Waals surface area contributed by atoms with Crippen molar-refractivity contribution in [2.24, 2.45) is 5.92 Å². The Kier molecular flexibility index (Phi) is 4.65. The maximum absolute atomic E-state index is 12.4. The second-order valence-electron chi connectivity index (χ2n) is 4.35. The van der Waals surface area contributed by atoms with Gasteiger partial charge >= 0.3 is 5.51 Å². The van der Waals surface area contributed by atoms with Crippen molar-refractivity contribution in [3.05, 3.63) is 24.3 Å². The van der Waals surface area contributed by atoms with Gasteiger partial charge in [-0.3, -0.25) is 0 Å². The van der Waals surface area contributed by atoms with E-state index in [1.807, 2.05) is 6.07 Å². The number of halogens is 3. The van der Waals surface area contributed by atoms with Gasteiger partial charge in [0, 0.05) is 19.3 Å². The van der Waals surface area contributed by atoms with Crippen LogP contribution in [-0.4, -0.2) is 27.5 Å². The van der Waals surface area contributed by atoms with Crippen molar-refractivity contribution in [2.75, 3.05) is 18.5 Å². The average Bonchev–Trinajstić information content (AvgIpc) is 2.37. The maximum Gasteiger partial charge on any atom is 0.501 e. The maximum atomic E-state index is 12.4. The molecule has 1 aromatic rings. The number of nitrogens with zero attached hydrogens (tertiary/aromatic N) is 2. The minimum absolute atomic E-state index is 0.251. The molecule has 1 aromatic carbocycles. The molecular formula is C12H13F3N2O2S. The summed E-state index contributed by atoms with van der Waals surface area (Å²) in [5.41, 5.74) is -4.77. The lowest BCUT2D eigenvalue weighted by molar-refractivity contribution is -0.0436. The van der Waals surface area contributed by atoms with Gasteiger partial charge in [-0.1, -0.05) is 0 Å². The van der Waals surface area contributed by atoms with Gasteiger partial charge in [-0.15, -0.1) is 0 Å². The average molecular weight is 306 g/mol. The molecule has 110 valence electrons. The van der Waals surface area contributed by atoms with E-state index in [4.69, 9.17) is 5.26 Å². The first-order valence-corrected chi connectivity index (χ1v) is 7.10. The predicted molar refractivity (Wildman–Crippen MR) is 67.7 cm³/mol. The van der Waals surface area contributed by atoms with Crippen LogP contribution in [0.25, 0.3) is 0 Å². The Morgan fingerprint density at radius 1 is 1.30 bits per heavy atom. The van der Waals surface area contributed by atoms with E-state index in [2.05, 4.69) is 0 Å². The summed E-state index contributed by atoms with van der Waals surface area (Å²) >= 11 is 0. The van der Waals surface area contributed by atoms with Gasteiger partial charge in [-0.25, -0.2) is 8.42 Å². The molecule has 1 rings (SSSR count). The van der Waals surface area contributed by atoms with Crippen molar-refractivity contribution in [3.8, 4) is 6.07 Å². The SMILES string of the molecule is CC(C#N)CN(C)c1ccc(S(=O)(=O)C(F)(F)F)cc1. The zero-order chi connectivity index (χ0) is 15.6. The number of rotatable bonds is 4. The third-order valence-electron chi connectivity index (χ3n) is 2.66. The van der Waals surface area contributed by atoms with E-state index >= 15 is 0 Å². The summed E-state index contributed by atoms with van der Waals surface area (Å²) in [5, 5.41) is 8.69. The molecule has 0 aliphatic carbocycles. The molecule has 0 aliphatic rings. The van der Waals surface area contributed by atoms with Gasteiger partial charge in [0.1, 0.15) is 0 Å². The molecule has 0 aromatic heterocycles. The number of sulfone groups is 1. The topological polar surface area (TPSA) is 61.2 Å². The van der Waals surface area contributed by atoms with Gasteiger partial charge in [0.05, 0.1) is 16.9 Å². The first-order chi connectivity index (χ1) is 9.09. The number of anilines is 1. The Balaban J connectivity index is 2.99. The normalized spacial score (nSPS) is 13.6. The van der Waals surface area contributed by atoms with Gasteiger partial charge in [0.15, 0.2) is 0 Å². The fraction of sp³-hybridized carbons (Fsp3) is 0.417. The molecule has 4 nitrogen and oxygen atoms in total. The highest BCUT2D eigenvalue weighted by Gasteiger charge is 2.46. The highest BCUT2D eigenvalue weighted by Crippen LogP contribution is 2.31. The van der Waals surface area contributed by atoms with E-state index in [-0.39, 0.29) is 5.92 Å². The van der Waals surface area contributed by atoms with Crippen molar-refractivity contribution in [1.82, 2.24) is 0 Å². The number of nitriles is 1. The molecule has 0 bridgehead atoms. The monoisotopic (exact) mass is 306 g/mol. The predicted octanol–water partition coefficient (Wildman–Crippen LogP) is 2.58. The summed E-state index contributed by atoms with van der Waals surface area (Å²) in [7, 11) is -3.65. The van der Waals surface area contributed by atoms with E-state index in [9.17, 15) is 21.6 Å². The molecule has 0 spiro atoms. The van der Waals surface area contributed by atoms with Gasteiger partial charge in [0.25, 0.3) is 9.84 Å². The van der Waals surface area contributed by atoms with Gasteiger partial charge < -0.3 is 4.90 Å². The van der Waals surface area contributed by atoms with Crippen LogP contribution in [0.4, 0.5) is 18.9 Å². The van der Waals surface area contributed by atoms with Crippen LogP contribution in [0.2, 0.25) is 0 Å². The van der Waals surface area contributed by atoms with Gasteiger partial charge in [-0.2, -0.15) is 18.4 Å². The van der Waals surface area contributed by atoms with Crippen LogP contribution in [0.15, 0.2) is 29.2 Å². The Morgan fingerprint density at radius 2 is 1.80 bits per heavy atom. The molecule has 0 N–H and O–H groups in total. The molecule has 0 aliphatic heterocycles. The lowest BCUT2D eigenvalue weighted by atomic mass is 10.2. The largest absolute Gasteiger partial charge is 0.501 e. The van der Waals surface area contributed by atoms with Crippen LogP contribution in [0.5, 0.6) is 0 Å². The van der Waals surface area contributed by atoms with Crippen molar-refractivity contribution in [1.29, 1.82) is 5.26 Å². The summed E-state index contributed by atoms with van der Waals surface area (Å²) in [5.74, 6) is -0.251. The molecule has 0 radical (unpaired) electrons. The standard InChI is InChI=1S/C12H13F3N2O2S/c1-9(7-16)8-17(2)10-3-5-11(6-4-10)20(18,19)12(13,14)15/h3-6,9H,8H2,1-2H3. The first-order valence-electron chi connectivity index (χ1n) is 5.61. The number of alkyl halides is 3. The molecule has 1 atom stereocenters. The summed E-state index contributed by atoms with van der Waals surface area (Å²) in [6.45, 7) is 2.10. The molecule has 0 saturated carbocycles. The molecule has 0 saturated heterocycles. The quantitative estimate of drug-likeness (QED) is 0.858. The number of hydrogen-bond acceptors (Lipinski definition) is 4. The number of benzene rings is 1. The minimum atomic E-state index is -5.32. The van der Waals surface area contributed by atoms with Crippen LogP contribution in [0, 0.1) is 17.2 Å². The van der Waals surface area contributed by atoms with Crippen LogP contribution in [-0.2, 0) is 9.84 Å². The summed E-state index contributed by atoms with van der Waals surface area (Å²) < 4.78 is 59.4. The molecule has 0 heterocycles. The minimum Gasteiger partial charge on any atom is -0.373 e. The van der Waals surface area contributed by atoms with E-state index in [1.54, 1.807) is 18.9 Å². The Morgan fingerprint density at radius 3 is 2.20 bits per heavy atom. The molecule has 8 heteroatoms. The Labute approximate surface area is 115 Å². The van der Waals surface area contributed by atoms with Crippen LogP contribution in [0.1, 0.15) is 6.92 Å². The fourth-order valence-electron chi connectivity index (χ4n) is 1.57. The summed E-state index contributed by atoms with van der Waals surface area (Å²) in [6.07, 6.45) is 0. The first kappa shape index (κ1) is 16.3. The Bertz CT molecular complexity index is 603. The van der Waals surface area contributed by atoms with Crippen molar-refractivity contribution in [2.45, 2.75) is 17.3 Å². The van der Waals surface area contributed by atoms with E-state index in [0.29, 0.717) is 12.2 Å². The third-order valence-corrected chi connectivity index (χ3v) is 4.16. The lowest BCUT2D eigenvalue weighted by Gasteiger charge is -2.20. The molecule has 0 fully saturated rings. The highest BCUT2D eigenvalue weighted by molar-refractivity contribution is 7.92. The summed E-state index contributed by atoms with van der Waals surface area (Å²) in [6, 6.07) is 6.41. The van der Waals surface area contributed by atoms with Gasteiger partial charge in [-0.05, 0) is 31.2 Å². The highest BCUT2D eigenvalue weighted by atomic mass is 32.2. The number of hydrogen-bond donors (Lipinski definition) is 0. The van der Waals surface area contributed by atoms with Gasteiger partial charge in [0.2, 0.25) is 0 Å².